The summed E-state index contributed by atoms with van der Waals surface area (Å²) in [4.78, 5) is 15.7. The fourth-order valence-electron chi connectivity index (χ4n) is 7.62. The number of aromatic nitrogens is 3. The molecule has 0 saturated carbocycles. The van der Waals surface area contributed by atoms with Gasteiger partial charge in [-0.3, -0.25) is 0 Å². The molecule has 3 nitrogen and oxygen atoms in total. The number of thiophene rings is 2. The van der Waals surface area contributed by atoms with Gasteiger partial charge in [0.25, 0.3) is 0 Å². The van der Waals surface area contributed by atoms with Crippen LogP contribution in [0.4, 0.5) is 0 Å². The van der Waals surface area contributed by atoms with Gasteiger partial charge in [0, 0.05) is 57.0 Å². The standard InChI is InChI=1S/C49H29N3S2/c1-2-10-30(11-3-1)33-22-20-31-21-23-36(28-37(31)27-33)48-50-47(51-49(52-48)42-17-9-16-41-39-15-5-7-19-44(39)54-46(41)42)35-13-8-12-32(26-35)34-24-25-40-38-14-4-6-18-43(38)53-45(40)29-34/h1-29H. The Bertz CT molecular complexity index is 3230. The molecule has 252 valence electrons. The van der Waals surface area contributed by atoms with Crippen molar-refractivity contribution < 1.29 is 0 Å². The van der Waals surface area contributed by atoms with Crippen molar-refractivity contribution in [3.63, 3.8) is 0 Å². The van der Waals surface area contributed by atoms with Gasteiger partial charge in [-0.25, -0.2) is 15.0 Å². The quantitative estimate of drug-likeness (QED) is 0.177. The van der Waals surface area contributed by atoms with Crippen LogP contribution >= 0.6 is 22.7 Å². The molecule has 0 amide bonds. The van der Waals surface area contributed by atoms with Gasteiger partial charge in [0.1, 0.15) is 0 Å². The highest BCUT2D eigenvalue weighted by molar-refractivity contribution is 7.26. The van der Waals surface area contributed by atoms with Crippen LogP contribution in [0.2, 0.25) is 0 Å². The van der Waals surface area contributed by atoms with Crippen LogP contribution < -0.4 is 0 Å². The molecule has 5 heteroatoms. The zero-order valence-electron chi connectivity index (χ0n) is 28.9. The van der Waals surface area contributed by atoms with Gasteiger partial charge in [-0.15, -0.1) is 22.7 Å². The lowest BCUT2D eigenvalue weighted by Gasteiger charge is -2.11. The van der Waals surface area contributed by atoms with Crippen LogP contribution in [0.5, 0.6) is 0 Å². The van der Waals surface area contributed by atoms with Crippen LogP contribution in [-0.4, -0.2) is 15.0 Å². The average Bonchev–Trinajstić information content (AvgIpc) is 3.82. The largest absolute Gasteiger partial charge is 0.208 e. The molecule has 0 aliphatic rings. The Labute approximate surface area is 319 Å². The van der Waals surface area contributed by atoms with Crippen LogP contribution in [-0.2, 0) is 0 Å². The van der Waals surface area contributed by atoms with Crippen LogP contribution in [0, 0.1) is 0 Å². The Morgan fingerprint density at radius 2 is 0.833 bits per heavy atom. The highest BCUT2D eigenvalue weighted by Crippen LogP contribution is 2.41. The minimum Gasteiger partial charge on any atom is -0.208 e. The summed E-state index contributed by atoms with van der Waals surface area (Å²) in [6.45, 7) is 0. The van der Waals surface area contributed by atoms with E-state index in [1.807, 2.05) is 11.3 Å². The first kappa shape index (κ1) is 31.0. The second kappa shape index (κ2) is 12.6. The number of rotatable bonds is 5. The van der Waals surface area contributed by atoms with Crippen molar-refractivity contribution in [2.24, 2.45) is 0 Å². The van der Waals surface area contributed by atoms with E-state index in [2.05, 4.69) is 176 Å². The van der Waals surface area contributed by atoms with Crippen molar-refractivity contribution in [1.82, 2.24) is 15.0 Å². The van der Waals surface area contributed by atoms with E-state index in [9.17, 15) is 0 Å². The SMILES string of the molecule is c1ccc(-c2ccc3ccc(-c4nc(-c5cccc(-c6ccc7c(c6)sc6ccccc67)c5)nc(-c5cccc6c5sc5ccccc56)n4)cc3c2)cc1. The predicted octanol–water partition coefficient (Wildman–Crippen LogP) is 14.1. The first-order chi connectivity index (χ1) is 26.7. The maximum Gasteiger partial charge on any atom is 0.165 e. The lowest BCUT2D eigenvalue weighted by Crippen LogP contribution is -2.00. The Kier molecular flexibility index (Phi) is 7.22. The van der Waals surface area contributed by atoms with E-state index >= 15 is 0 Å². The third kappa shape index (κ3) is 5.28. The molecule has 11 rings (SSSR count). The molecule has 3 aromatic heterocycles. The minimum absolute atomic E-state index is 0.649. The van der Waals surface area contributed by atoms with Gasteiger partial charge in [0.2, 0.25) is 0 Å². The third-order valence-corrected chi connectivity index (χ3v) is 12.7. The van der Waals surface area contributed by atoms with Crippen LogP contribution in [0.15, 0.2) is 176 Å². The van der Waals surface area contributed by atoms with E-state index < -0.39 is 0 Å². The maximum absolute atomic E-state index is 5.24. The zero-order chi connectivity index (χ0) is 35.6. The van der Waals surface area contributed by atoms with E-state index in [0.29, 0.717) is 17.5 Å². The van der Waals surface area contributed by atoms with Crippen molar-refractivity contribution in [3.05, 3.63) is 176 Å². The lowest BCUT2D eigenvalue weighted by atomic mass is 9.99. The van der Waals surface area contributed by atoms with Gasteiger partial charge in [-0.05, 0) is 75.5 Å². The molecular weight excluding hydrogens is 695 g/mol. The predicted molar refractivity (Wildman–Crippen MR) is 230 cm³/mol. The van der Waals surface area contributed by atoms with E-state index in [1.165, 1.54) is 62.4 Å². The average molecular weight is 724 g/mol. The normalized spacial score (nSPS) is 11.7. The number of hydrogen-bond acceptors (Lipinski definition) is 5. The van der Waals surface area contributed by atoms with Gasteiger partial charge in [-0.1, -0.05) is 133 Å². The molecular formula is C49H29N3S2. The van der Waals surface area contributed by atoms with Crippen molar-refractivity contribution in [2.75, 3.05) is 0 Å². The first-order valence-corrected chi connectivity index (χ1v) is 19.6. The highest BCUT2D eigenvalue weighted by Gasteiger charge is 2.18. The van der Waals surface area contributed by atoms with Crippen LogP contribution in [0.25, 0.3) is 108 Å². The highest BCUT2D eigenvalue weighted by atomic mass is 32.1. The molecule has 0 fully saturated rings. The summed E-state index contributed by atoms with van der Waals surface area (Å²) in [6, 6.07) is 62.7. The fraction of sp³-hybridized carbons (Fsp3) is 0. The Hall–Kier alpha value is -6.53. The summed E-state index contributed by atoms with van der Waals surface area (Å²) in [5.41, 5.74) is 7.58. The van der Waals surface area contributed by atoms with Crippen molar-refractivity contribution in [3.8, 4) is 56.4 Å². The molecule has 0 aliphatic heterocycles. The Balaban J connectivity index is 1.08. The molecule has 0 N–H and O–H groups in total. The molecule has 0 aliphatic carbocycles. The number of fused-ring (bicyclic) bond motifs is 7. The van der Waals surface area contributed by atoms with Crippen LogP contribution in [0.1, 0.15) is 0 Å². The summed E-state index contributed by atoms with van der Waals surface area (Å²) >= 11 is 3.63. The monoisotopic (exact) mass is 723 g/mol. The Morgan fingerprint density at radius 3 is 1.67 bits per heavy atom. The van der Waals surface area contributed by atoms with E-state index in [4.69, 9.17) is 15.0 Å². The van der Waals surface area contributed by atoms with E-state index in [1.54, 1.807) is 11.3 Å². The van der Waals surface area contributed by atoms with Crippen molar-refractivity contribution in [2.45, 2.75) is 0 Å². The van der Waals surface area contributed by atoms with Crippen molar-refractivity contribution in [1.29, 1.82) is 0 Å². The summed E-state index contributed by atoms with van der Waals surface area (Å²) in [7, 11) is 0. The van der Waals surface area contributed by atoms with Gasteiger partial charge in [0.15, 0.2) is 17.5 Å². The second-order valence-corrected chi connectivity index (χ2v) is 15.8. The molecule has 8 aromatic carbocycles. The Morgan fingerprint density at radius 1 is 0.296 bits per heavy atom. The zero-order valence-corrected chi connectivity index (χ0v) is 30.5. The molecule has 3 heterocycles. The van der Waals surface area contributed by atoms with Gasteiger partial charge in [-0.2, -0.15) is 0 Å². The second-order valence-electron chi connectivity index (χ2n) is 13.6. The van der Waals surface area contributed by atoms with Crippen LogP contribution in [0.3, 0.4) is 0 Å². The summed E-state index contributed by atoms with van der Waals surface area (Å²) in [6.07, 6.45) is 0. The molecule has 0 radical (unpaired) electrons. The summed E-state index contributed by atoms with van der Waals surface area (Å²) in [5, 5.41) is 7.38. The molecule has 54 heavy (non-hydrogen) atoms. The summed E-state index contributed by atoms with van der Waals surface area (Å²) < 4.78 is 5.02. The van der Waals surface area contributed by atoms with Gasteiger partial charge in [0.05, 0.1) is 0 Å². The van der Waals surface area contributed by atoms with E-state index in [-0.39, 0.29) is 0 Å². The van der Waals surface area contributed by atoms with Crippen molar-refractivity contribution >= 4 is 73.8 Å². The number of nitrogens with zero attached hydrogens (tertiary/aromatic N) is 3. The lowest BCUT2D eigenvalue weighted by molar-refractivity contribution is 1.08. The first-order valence-electron chi connectivity index (χ1n) is 18.0. The minimum atomic E-state index is 0.649. The summed E-state index contributed by atoms with van der Waals surface area (Å²) in [5.74, 6) is 1.97. The molecule has 11 aromatic rings. The molecule has 0 atom stereocenters. The van der Waals surface area contributed by atoms with Gasteiger partial charge >= 0.3 is 0 Å². The van der Waals surface area contributed by atoms with E-state index in [0.717, 1.165) is 27.6 Å². The third-order valence-electron chi connectivity index (χ3n) is 10.3. The fourth-order valence-corrected chi connectivity index (χ4v) is 9.97. The topological polar surface area (TPSA) is 38.7 Å². The number of benzene rings is 8. The maximum atomic E-state index is 5.24. The molecule has 0 unspecified atom stereocenters. The molecule has 0 spiro atoms. The van der Waals surface area contributed by atoms with Gasteiger partial charge < -0.3 is 0 Å². The smallest absolute Gasteiger partial charge is 0.165 e. The molecule has 0 bridgehead atoms. The molecule has 0 saturated heterocycles. The number of hydrogen-bond donors (Lipinski definition) is 0.